The summed E-state index contributed by atoms with van der Waals surface area (Å²) in [6.45, 7) is 8.70. The minimum absolute atomic E-state index is 0.0240. The highest BCUT2D eigenvalue weighted by Crippen LogP contribution is 2.57. The summed E-state index contributed by atoms with van der Waals surface area (Å²) in [6, 6.07) is 0. The summed E-state index contributed by atoms with van der Waals surface area (Å²) in [4.78, 5) is 38.7. The molecule has 178 valence electrons. The number of aromatic hydroxyl groups is 2. The number of hydrogen-bond donors (Lipinski definition) is 5. The number of rotatable bonds is 9. The lowest BCUT2D eigenvalue weighted by molar-refractivity contribution is -0.123. The molecule has 33 heavy (non-hydrogen) atoms. The normalized spacial score (nSPS) is 20.7. The number of phenols is 2. The molecule has 1 aliphatic carbocycles. The lowest BCUT2D eigenvalue weighted by atomic mass is 9.70. The van der Waals surface area contributed by atoms with Crippen LogP contribution in [0.2, 0.25) is 0 Å². The Morgan fingerprint density at radius 1 is 1.12 bits per heavy atom. The quantitative estimate of drug-likeness (QED) is 0.161. The molecule has 6 N–H and O–H groups in total. The van der Waals surface area contributed by atoms with Crippen LogP contribution in [-0.4, -0.2) is 53.7 Å². The van der Waals surface area contributed by atoms with E-state index in [-0.39, 0.29) is 39.5 Å². The van der Waals surface area contributed by atoms with E-state index in [9.17, 15) is 24.6 Å². The fourth-order valence-electron chi connectivity index (χ4n) is 4.29. The Labute approximate surface area is 192 Å². The Morgan fingerprint density at radius 2 is 1.79 bits per heavy atom. The maximum Gasteiger partial charge on any atom is 0.194 e. The minimum Gasteiger partial charge on any atom is -0.507 e. The van der Waals surface area contributed by atoms with Crippen LogP contribution >= 0.6 is 0 Å². The summed E-state index contributed by atoms with van der Waals surface area (Å²) in [6.07, 6.45) is 2.89. The van der Waals surface area contributed by atoms with Crippen molar-refractivity contribution in [2.24, 2.45) is 5.73 Å². The van der Waals surface area contributed by atoms with Gasteiger partial charge in [-0.15, -0.1) is 0 Å². The summed E-state index contributed by atoms with van der Waals surface area (Å²) in [5.74, 6) is -2.35. The standard InChI is InChI=1S/C24H31N3O6/c1-12-20(30)18(14(3)28)22-19(21(12)31)24(4)16(33-22)11-15(29)17(23(24)32)13(2)27-10-6-9-26-8-5-7-25/h11,26-27,30-31H,5-10,25H2,1-4H3/b17-13+/t24-/m0/s1. The molecule has 0 spiro atoms. The molecule has 1 aromatic rings. The van der Waals surface area contributed by atoms with Gasteiger partial charge in [-0.05, 0) is 60.2 Å². The highest BCUT2D eigenvalue weighted by atomic mass is 16.5. The number of nitrogens with two attached hydrogens (primary N) is 1. The van der Waals surface area contributed by atoms with Crippen molar-refractivity contribution in [1.29, 1.82) is 0 Å². The lowest BCUT2D eigenvalue weighted by Gasteiger charge is -2.29. The predicted molar refractivity (Wildman–Crippen MR) is 122 cm³/mol. The molecule has 0 radical (unpaired) electrons. The summed E-state index contributed by atoms with van der Waals surface area (Å²) in [5.41, 5.74) is 4.39. The molecular weight excluding hydrogens is 426 g/mol. The first-order valence-corrected chi connectivity index (χ1v) is 11.0. The van der Waals surface area contributed by atoms with Gasteiger partial charge in [0.2, 0.25) is 0 Å². The minimum atomic E-state index is -1.50. The monoisotopic (exact) mass is 457 g/mol. The number of phenolic OH excluding ortho intramolecular Hbond substituents is 2. The van der Waals surface area contributed by atoms with Crippen LogP contribution in [-0.2, 0) is 15.0 Å². The Kier molecular flexibility index (Phi) is 6.94. The van der Waals surface area contributed by atoms with Gasteiger partial charge in [-0.1, -0.05) is 0 Å². The van der Waals surface area contributed by atoms with Crippen molar-refractivity contribution in [3.63, 3.8) is 0 Å². The number of carbonyl (C=O) groups excluding carboxylic acids is 3. The maximum atomic E-state index is 13.7. The van der Waals surface area contributed by atoms with E-state index in [4.69, 9.17) is 10.5 Å². The number of allylic oxidation sites excluding steroid dienone is 4. The zero-order chi connectivity index (χ0) is 24.5. The second-order valence-electron chi connectivity index (χ2n) is 8.56. The van der Waals surface area contributed by atoms with Crippen LogP contribution in [0.15, 0.2) is 23.1 Å². The molecule has 0 saturated carbocycles. The summed E-state index contributed by atoms with van der Waals surface area (Å²) < 4.78 is 5.76. The fourth-order valence-corrected chi connectivity index (χ4v) is 4.29. The van der Waals surface area contributed by atoms with E-state index in [0.29, 0.717) is 18.8 Å². The second-order valence-corrected chi connectivity index (χ2v) is 8.56. The number of Topliss-reactive ketones (excluding diaryl/α,β-unsaturated/α-hetero) is 2. The van der Waals surface area contributed by atoms with E-state index in [2.05, 4.69) is 10.6 Å². The maximum absolute atomic E-state index is 13.7. The Bertz CT molecular complexity index is 1090. The van der Waals surface area contributed by atoms with Crippen LogP contribution in [0.25, 0.3) is 0 Å². The number of nitrogens with one attached hydrogen (secondary N) is 2. The molecule has 9 nitrogen and oxygen atoms in total. The number of fused-ring (bicyclic) bond motifs is 3. The molecule has 1 atom stereocenters. The molecule has 1 aliphatic heterocycles. The average Bonchev–Trinajstić information content (AvgIpc) is 3.04. The van der Waals surface area contributed by atoms with Gasteiger partial charge in [-0.3, -0.25) is 14.4 Å². The van der Waals surface area contributed by atoms with E-state index in [1.165, 1.54) is 19.9 Å². The van der Waals surface area contributed by atoms with E-state index in [1.807, 2.05) is 0 Å². The summed E-state index contributed by atoms with van der Waals surface area (Å²) in [7, 11) is 0. The number of ketones is 3. The molecule has 0 saturated heterocycles. The molecule has 3 rings (SSSR count). The van der Waals surface area contributed by atoms with Crippen LogP contribution in [0, 0.1) is 6.92 Å². The van der Waals surface area contributed by atoms with Crippen molar-refractivity contribution >= 4 is 17.3 Å². The van der Waals surface area contributed by atoms with Gasteiger partial charge in [-0.2, -0.15) is 0 Å². The average molecular weight is 458 g/mol. The third-order valence-electron chi connectivity index (χ3n) is 6.24. The molecule has 0 fully saturated rings. The van der Waals surface area contributed by atoms with Crippen LogP contribution in [0.1, 0.15) is 55.1 Å². The first kappa shape index (κ1) is 24.5. The Hall–Kier alpha value is -3.17. The van der Waals surface area contributed by atoms with Gasteiger partial charge < -0.3 is 31.3 Å². The Morgan fingerprint density at radius 3 is 2.42 bits per heavy atom. The second kappa shape index (κ2) is 9.36. The van der Waals surface area contributed by atoms with Crippen molar-refractivity contribution in [3.8, 4) is 17.2 Å². The highest BCUT2D eigenvalue weighted by Gasteiger charge is 2.56. The van der Waals surface area contributed by atoms with Crippen molar-refractivity contribution in [2.75, 3.05) is 26.2 Å². The van der Waals surface area contributed by atoms with Gasteiger partial charge in [0, 0.05) is 23.9 Å². The zero-order valence-electron chi connectivity index (χ0n) is 19.4. The highest BCUT2D eigenvalue weighted by molar-refractivity contribution is 6.31. The van der Waals surface area contributed by atoms with Gasteiger partial charge >= 0.3 is 0 Å². The predicted octanol–water partition coefficient (Wildman–Crippen LogP) is 1.49. The van der Waals surface area contributed by atoms with Crippen molar-refractivity contribution < 1.29 is 29.3 Å². The molecule has 1 aromatic carbocycles. The van der Waals surface area contributed by atoms with Crippen LogP contribution < -0.4 is 21.1 Å². The molecule has 0 aromatic heterocycles. The fraction of sp³-hybridized carbons (Fsp3) is 0.458. The number of benzene rings is 1. The van der Waals surface area contributed by atoms with Crippen molar-refractivity contribution in [2.45, 2.75) is 46.0 Å². The van der Waals surface area contributed by atoms with Crippen LogP contribution in [0.4, 0.5) is 0 Å². The third kappa shape index (κ3) is 4.02. The summed E-state index contributed by atoms with van der Waals surface area (Å²) >= 11 is 0. The summed E-state index contributed by atoms with van der Waals surface area (Å²) in [5, 5.41) is 27.6. The SMILES string of the molecule is CC(=O)c1c(O)c(C)c(O)c2c1OC1=CC(=O)/C(=C(/C)NCCCNCCCN)C(=O)[C@@]12C. The Balaban J connectivity index is 1.95. The molecule has 2 aliphatic rings. The lowest BCUT2D eigenvalue weighted by Crippen LogP contribution is -2.41. The van der Waals surface area contributed by atoms with Crippen molar-refractivity contribution in [1.82, 2.24) is 10.6 Å². The van der Waals surface area contributed by atoms with Gasteiger partial charge in [0.15, 0.2) is 17.3 Å². The molecule has 0 unspecified atom stereocenters. The smallest absolute Gasteiger partial charge is 0.194 e. The van der Waals surface area contributed by atoms with E-state index >= 15 is 0 Å². The first-order chi connectivity index (χ1) is 15.6. The molecule has 0 amide bonds. The van der Waals surface area contributed by atoms with Gasteiger partial charge in [0.1, 0.15) is 34.0 Å². The number of carbonyl (C=O) groups is 3. The third-order valence-corrected chi connectivity index (χ3v) is 6.24. The zero-order valence-corrected chi connectivity index (χ0v) is 19.4. The van der Waals surface area contributed by atoms with Crippen molar-refractivity contribution in [3.05, 3.63) is 39.8 Å². The van der Waals surface area contributed by atoms with Crippen LogP contribution in [0.5, 0.6) is 17.2 Å². The van der Waals surface area contributed by atoms with E-state index < -0.39 is 28.5 Å². The van der Waals surface area contributed by atoms with Crippen LogP contribution in [0.3, 0.4) is 0 Å². The molecular formula is C24H31N3O6. The topological polar surface area (TPSA) is 151 Å². The molecule has 1 heterocycles. The van der Waals surface area contributed by atoms with Gasteiger partial charge in [-0.25, -0.2) is 0 Å². The van der Waals surface area contributed by atoms with Gasteiger partial charge in [0.05, 0.1) is 11.1 Å². The van der Waals surface area contributed by atoms with Gasteiger partial charge in [0.25, 0.3) is 0 Å². The van der Waals surface area contributed by atoms with E-state index in [0.717, 1.165) is 25.9 Å². The number of ether oxygens (including phenoxy) is 1. The number of hydrogen-bond acceptors (Lipinski definition) is 9. The molecule has 9 heteroatoms. The van der Waals surface area contributed by atoms with E-state index in [1.54, 1.807) is 13.8 Å². The largest absolute Gasteiger partial charge is 0.507 e. The first-order valence-electron chi connectivity index (χ1n) is 11.0. The molecule has 0 bridgehead atoms.